The predicted octanol–water partition coefficient (Wildman–Crippen LogP) is 4.38. The second-order valence-corrected chi connectivity index (χ2v) is 10.0. The van der Waals surface area contributed by atoms with Crippen molar-refractivity contribution in [3.05, 3.63) is 64.2 Å². The monoisotopic (exact) mass is 416 g/mol. The normalized spacial score (nSPS) is 12.7. The standard InChI is InChI=1S/C23H32N2O3S/c1-15(2)20-8-10-21(11-9-20)25(29(7,27)28)14-23(26)24-19(6)22-13-17(4)16(3)12-18(22)5/h8-13,15,19H,14H2,1-7H3,(H,24,26)/t19-/m0/s1. The Hall–Kier alpha value is -2.34. The van der Waals surface area contributed by atoms with Crippen molar-refractivity contribution in [3.8, 4) is 0 Å². The molecule has 0 aromatic heterocycles. The van der Waals surface area contributed by atoms with E-state index in [-0.39, 0.29) is 18.5 Å². The van der Waals surface area contributed by atoms with Gasteiger partial charge in [0.05, 0.1) is 18.0 Å². The molecule has 0 radical (unpaired) electrons. The van der Waals surface area contributed by atoms with E-state index in [1.165, 1.54) is 5.56 Å². The molecule has 1 N–H and O–H groups in total. The molecule has 0 aliphatic rings. The van der Waals surface area contributed by atoms with Gasteiger partial charge in [0.15, 0.2) is 0 Å². The van der Waals surface area contributed by atoms with Crippen LogP contribution < -0.4 is 9.62 Å². The number of nitrogens with zero attached hydrogens (tertiary/aromatic N) is 1. The summed E-state index contributed by atoms with van der Waals surface area (Å²) < 4.78 is 25.8. The molecule has 0 saturated heterocycles. The highest BCUT2D eigenvalue weighted by molar-refractivity contribution is 7.92. The van der Waals surface area contributed by atoms with Gasteiger partial charge in [0.25, 0.3) is 0 Å². The lowest BCUT2D eigenvalue weighted by molar-refractivity contribution is -0.120. The summed E-state index contributed by atoms with van der Waals surface area (Å²) in [5.41, 5.74) is 6.11. The second kappa shape index (κ2) is 8.99. The average molecular weight is 417 g/mol. The van der Waals surface area contributed by atoms with Crippen molar-refractivity contribution in [2.24, 2.45) is 0 Å². The van der Waals surface area contributed by atoms with Crippen molar-refractivity contribution in [2.75, 3.05) is 17.1 Å². The lowest BCUT2D eigenvalue weighted by Crippen LogP contribution is -2.41. The number of carbonyl (C=O) groups excluding carboxylic acids is 1. The van der Waals surface area contributed by atoms with Crippen molar-refractivity contribution in [1.29, 1.82) is 0 Å². The molecule has 158 valence electrons. The molecule has 2 aromatic rings. The molecule has 0 heterocycles. The Labute approximate surface area is 175 Å². The quantitative estimate of drug-likeness (QED) is 0.728. The van der Waals surface area contributed by atoms with Gasteiger partial charge in [0, 0.05) is 0 Å². The summed E-state index contributed by atoms with van der Waals surface area (Å²) in [7, 11) is -3.59. The maximum Gasteiger partial charge on any atom is 0.241 e. The molecular weight excluding hydrogens is 384 g/mol. The van der Waals surface area contributed by atoms with Gasteiger partial charge < -0.3 is 5.32 Å². The lowest BCUT2D eigenvalue weighted by Gasteiger charge is -2.24. The first-order valence-corrected chi connectivity index (χ1v) is 11.7. The molecule has 0 spiro atoms. The number of hydrogen-bond donors (Lipinski definition) is 1. The molecule has 29 heavy (non-hydrogen) atoms. The fourth-order valence-corrected chi connectivity index (χ4v) is 4.23. The van der Waals surface area contributed by atoms with Crippen molar-refractivity contribution in [3.63, 3.8) is 0 Å². The summed E-state index contributed by atoms with van der Waals surface area (Å²) in [6.07, 6.45) is 1.12. The maximum absolute atomic E-state index is 12.7. The summed E-state index contributed by atoms with van der Waals surface area (Å²) in [6.45, 7) is 11.9. The van der Waals surface area contributed by atoms with Gasteiger partial charge in [-0.1, -0.05) is 38.1 Å². The van der Waals surface area contributed by atoms with Crippen molar-refractivity contribution >= 4 is 21.6 Å². The molecule has 0 aliphatic carbocycles. The maximum atomic E-state index is 12.7. The van der Waals surface area contributed by atoms with Crippen LogP contribution in [-0.2, 0) is 14.8 Å². The van der Waals surface area contributed by atoms with Crippen LogP contribution in [0, 0.1) is 20.8 Å². The molecular formula is C23H32N2O3S. The summed E-state index contributed by atoms with van der Waals surface area (Å²) in [6, 6.07) is 11.3. The Morgan fingerprint density at radius 1 is 0.966 bits per heavy atom. The van der Waals surface area contributed by atoms with Crippen LogP contribution in [0.25, 0.3) is 0 Å². The SMILES string of the molecule is Cc1cc(C)c([C@H](C)NC(=O)CN(c2ccc(C(C)C)cc2)S(C)(=O)=O)cc1C. The molecule has 6 heteroatoms. The molecule has 0 unspecified atom stereocenters. The van der Waals surface area contributed by atoms with E-state index in [2.05, 4.69) is 38.2 Å². The first-order chi connectivity index (χ1) is 13.4. The number of carbonyl (C=O) groups is 1. The molecule has 1 atom stereocenters. The number of benzene rings is 2. The van der Waals surface area contributed by atoms with Gasteiger partial charge in [0.1, 0.15) is 6.54 Å². The number of anilines is 1. The fourth-order valence-electron chi connectivity index (χ4n) is 3.37. The highest BCUT2D eigenvalue weighted by Crippen LogP contribution is 2.23. The molecule has 0 bridgehead atoms. The summed E-state index contributed by atoms with van der Waals surface area (Å²) in [5, 5.41) is 2.94. The third-order valence-corrected chi connectivity index (χ3v) is 6.40. The fraction of sp³-hybridized carbons (Fsp3) is 0.435. The van der Waals surface area contributed by atoms with E-state index in [9.17, 15) is 13.2 Å². The number of sulfonamides is 1. The van der Waals surface area contributed by atoms with Gasteiger partial charge in [-0.05, 0) is 73.6 Å². The minimum Gasteiger partial charge on any atom is -0.348 e. The van der Waals surface area contributed by atoms with Crippen LogP contribution in [-0.4, -0.2) is 27.1 Å². The molecule has 5 nitrogen and oxygen atoms in total. The Morgan fingerprint density at radius 3 is 2.03 bits per heavy atom. The number of amides is 1. The molecule has 0 saturated carbocycles. The van der Waals surface area contributed by atoms with Gasteiger partial charge in [-0.25, -0.2) is 8.42 Å². The summed E-state index contributed by atoms with van der Waals surface area (Å²) in [4.78, 5) is 12.7. The third kappa shape index (κ3) is 5.82. The van der Waals surface area contributed by atoms with Gasteiger partial charge in [0.2, 0.25) is 15.9 Å². The molecule has 2 aromatic carbocycles. The van der Waals surface area contributed by atoms with Crippen LogP contribution in [0.3, 0.4) is 0 Å². The van der Waals surface area contributed by atoms with Gasteiger partial charge >= 0.3 is 0 Å². The zero-order valence-corrected chi connectivity index (χ0v) is 19.2. The summed E-state index contributed by atoms with van der Waals surface area (Å²) in [5.74, 6) is 0.00887. The highest BCUT2D eigenvalue weighted by Gasteiger charge is 2.22. The second-order valence-electron chi connectivity index (χ2n) is 8.10. The van der Waals surface area contributed by atoms with Crippen LogP contribution in [0.4, 0.5) is 5.69 Å². The number of rotatable bonds is 7. The minimum atomic E-state index is -3.59. The van der Waals surface area contributed by atoms with Crippen molar-refractivity contribution in [1.82, 2.24) is 5.32 Å². The third-order valence-electron chi connectivity index (χ3n) is 5.26. The van der Waals surface area contributed by atoms with Crippen LogP contribution in [0.2, 0.25) is 0 Å². The van der Waals surface area contributed by atoms with E-state index in [1.807, 2.05) is 32.9 Å². The number of aryl methyl sites for hydroxylation is 3. The smallest absolute Gasteiger partial charge is 0.241 e. The molecule has 0 fully saturated rings. The van der Waals surface area contributed by atoms with Crippen molar-refractivity contribution < 1.29 is 13.2 Å². The van der Waals surface area contributed by atoms with E-state index >= 15 is 0 Å². The van der Waals surface area contributed by atoms with E-state index < -0.39 is 10.0 Å². The largest absolute Gasteiger partial charge is 0.348 e. The van der Waals surface area contributed by atoms with Gasteiger partial charge in [-0.2, -0.15) is 0 Å². The van der Waals surface area contributed by atoms with E-state index in [4.69, 9.17) is 0 Å². The van der Waals surface area contributed by atoms with Crippen molar-refractivity contribution in [2.45, 2.75) is 53.5 Å². The minimum absolute atomic E-state index is 0.216. The average Bonchev–Trinajstić information content (AvgIpc) is 2.61. The topological polar surface area (TPSA) is 66.5 Å². The van der Waals surface area contributed by atoms with Crippen LogP contribution in [0.1, 0.15) is 60.5 Å². The van der Waals surface area contributed by atoms with Gasteiger partial charge in [-0.15, -0.1) is 0 Å². The number of nitrogens with one attached hydrogen (secondary N) is 1. The van der Waals surface area contributed by atoms with Crippen LogP contribution in [0.15, 0.2) is 36.4 Å². The van der Waals surface area contributed by atoms with E-state index in [0.717, 1.165) is 32.8 Å². The molecule has 2 rings (SSSR count). The highest BCUT2D eigenvalue weighted by atomic mass is 32.2. The van der Waals surface area contributed by atoms with Crippen LogP contribution >= 0.6 is 0 Å². The first kappa shape index (κ1) is 22.9. The first-order valence-electron chi connectivity index (χ1n) is 9.85. The lowest BCUT2D eigenvalue weighted by atomic mass is 9.96. The Morgan fingerprint density at radius 2 is 1.52 bits per heavy atom. The molecule has 1 amide bonds. The zero-order chi connectivity index (χ0) is 21.9. The van der Waals surface area contributed by atoms with E-state index in [0.29, 0.717) is 11.6 Å². The summed E-state index contributed by atoms with van der Waals surface area (Å²) >= 11 is 0. The van der Waals surface area contributed by atoms with Gasteiger partial charge in [-0.3, -0.25) is 9.10 Å². The zero-order valence-electron chi connectivity index (χ0n) is 18.4. The number of hydrogen-bond acceptors (Lipinski definition) is 3. The Kier molecular flexibility index (Phi) is 7.11. The Balaban J connectivity index is 2.19. The van der Waals surface area contributed by atoms with E-state index in [1.54, 1.807) is 12.1 Å². The molecule has 0 aliphatic heterocycles. The van der Waals surface area contributed by atoms with Crippen LogP contribution in [0.5, 0.6) is 0 Å². The Bertz CT molecular complexity index is 980. The predicted molar refractivity (Wildman–Crippen MR) is 120 cm³/mol.